The molecule has 322 valence electrons. The van der Waals surface area contributed by atoms with E-state index in [2.05, 4.69) is 53.4 Å². The highest BCUT2D eigenvalue weighted by molar-refractivity contribution is 7.13. The second kappa shape index (κ2) is 20.3. The summed E-state index contributed by atoms with van der Waals surface area (Å²) in [4.78, 5) is 67.6. The maximum atomic E-state index is 14.0. The van der Waals surface area contributed by atoms with Gasteiger partial charge in [-0.2, -0.15) is 4.39 Å². The molecule has 6 rings (SSSR count). The van der Waals surface area contributed by atoms with Gasteiger partial charge < -0.3 is 41.7 Å². The van der Waals surface area contributed by atoms with Crippen LogP contribution in [0.3, 0.4) is 0 Å². The van der Waals surface area contributed by atoms with E-state index < -0.39 is 54.0 Å². The molecule has 1 aliphatic rings. The zero-order chi connectivity index (χ0) is 44.4. The lowest BCUT2D eigenvalue weighted by atomic mass is 9.85. The summed E-state index contributed by atoms with van der Waals surface area (Å²) in [5.41, 5.74) is 6.68. The van der Waals surface area contributed by atoms with Crippen LogP contribution in [0.15, 0.2) is 84.6 Å². The summed E-state index contributed by atoms with van der Waals surface area (Å²) >= 11 is 1.56. The summed E-state index contributed by atoms with van der Waals surface area (Å²) in [6, 6.07) is 16.8. The van der Waals surface area contributed by atoms with Crippen molar-refractivity contribution in [2.75, 3.05) is 23.7 Å². The van der Waals surface area contributed by atoms with Crippen molar-refractivity contribution in [1.29, 1.82) is 0 Å². The number of nitrogens with one attached hydrogen (secondary N) is 5. The second-order valence-electron chi connectivity index (χ2n) is 15.8. The minimum Gasteiger partial charge on any atom is -0.392 e. The number of benzene rings is 2. The van der Waals surface area contributed by atoms with E-state index in [0.717, 1.165) is 39.5 Å². The third-order valence-electron chi connectivity index (χ3n) is 10.0. The van der Waals surface area contributed by atoms with E-state index in [0.29, 0.717) is 23.5 Å². The Balaban J connectivity index is 0.975. The Morgan fingerprint density at radius 2 is 1.68 bits per heavy atom. The predicted octanol–water partition coefficient (Wildman–Crippen LogP) is 4.48. The van der Waals surface area contributed by atoms with Crippen LogP contribution < -0.4 is 26.6 Å². The molecule has 1 aliphatic heterocycles. The van der Waals surface area contributed by atoms with Crippen molar-refractivity contribution < 1.29 is 33.8 Å². The van der Waals surface area contributed by atoms with Gasteiger partial charge in [0.1, 0.15) is 17.8 Å². The zero-order valence-electron chi connectivity index (χ0n) is 34.7. The lowest BCUT2D eigenvalue weighted by Gasteiger charge is -2.35. The van der Waals surface area contributed by atoms with Gasteiger partial charge in [-0.15, -0.1) is 11.3 Å². The molecule has 7 N–H and O–H groups in total. The summed E-state index contributed by atoms with van der Waals surface area (Å²) < 4.78 is 13.6. The zero-order valence-corrected chi connectivity index (χ0v) is 35.5. The fourth-order valence-corrected chi connectivity index (χ4v) is 7.53. The van der Waals surface area contributed by atoms with Crippen LogP contribution in [0.5, 0.6) is 0 Å². The Bertz CT molecular complexity index is 2460. The molecule has 3 aromatic heterocycles. The minimum atomic E-state index is -0.959. The van der Waals surface area contributed by atoms with Crippen LogP contribution in [0.25, 0.3) is 10.4 Å². The monoisotopic (exact) mass is 861 g/mol. The van der Waals surface area contributed by atoms with Gasteiger partial charge in [0, 0.05) is 61.3 Å². The number of aryl methyl sites for hydroxylation is 1. The molecule has 15 nitrogen and oxygen atoms in total. The number of amides is 5. The number of hydrogen-bond donors (Lipinski definition) is 7. The SMILES string of the molecule is Cc1ncsc1-c1ccc(CNC(=O)[C@@H]2C[C@@H](O)CN2C(=O)C(NC(=O)CNCc2ccc(C#Cc3cc(NC(=O)Nc4cc(F)ncc4CO)ccn3)cc2)C(C)(C)C)cc1. The molecule has 1 saturated heterocycles. The lowest BCUT2D eigenvalue weighted by Crippen LogP contribution is -2.58. The van der Waals surface area contributed by atoms with Crippen LogP contribution in [0.2, 0.25) is 0 Å². The second-order valence-corrected chi connectivity index (χ2v) is 16.7. The molecule has 62 heavy (non-hydrogen) atoms. The summed E-state index contributed by atoms with van der Waals surface area (Å²) in [7, 11) is 0. The Morgan fingerprint density at radius 1 is 0.952 bits per heavy atom. The van der Waals surface area contributed by atoms with Gasteiger partial charge in [0.15, 0.2) is 0 Å². The first kappa shape index (κ1) is 45.0. The van der Waals surface area contributed by atoms with E-state index in [1.165, 1.54) is 11.1 Å². The maximum Gasteiger partial charge on any atom is 0.323 e. The third kappa shape index (κ3) is 12.0. The normalized spacial score (nSPS) is 15.2. The molecule has 1 fully saturated rings. The highest BCUT2D eigenvalue weighted by atomic mass is 32.1. The van der Waals surface area contributed by atoms with Crippen LogP contribution in [0.1, 0.15) is 60.8 Å². The average Bonchev–Trinajstić information content (AvgIpc) is 3.86. The number of β-amino-alcohol motifs (C(OH)–C–C–N with tert-alkyl or cyclic N) is 1. The van der Waals surface area contributed by atoms with Crippen molar-refractivity contribution in [3.05, 3.63) is 124 Å². The Hall–Kier alpha value is -6.58. The molecule has 17 heteroatoms. The summed E-state index contributed by atoms with van der Waals surface area (Å²) in [5, 5.41) is 34.0. The first-order valence-electron chi connectivity index (χ1n) is 19.8. The van der Waals surface area contributed by atoms with Crippen molar-refractivity contribution in [2.45, 2.75) is 72.0 Å². The number of carbonyl (C=O) groups is 4. The first-order chi connectivity index (χ1) is 29.7. The molecule has 0 saturated carbocycles. The number of aromatic nitrogens is 3. The predicted molar refractivity (Wildman–Crippen MR) is 233 cm³/mol. The van der Waals surface area contributed by atoms with Gasteiger partial charge in [0.05, 0.1) is 41.0 Å². The number of pyridine rings is 2. The number of rotatable bonds is 13. The van der Waals surface area contributed by atoms with E-state index >= 15 is 0 Å². The van der Waals surface area contributed by atoms with Gasteiger partial charge in [-0.25, -0.2) is 19.7 Å². The number of aliphatic hydroxyl groups excluding tert-OH is 2. The quantitative estimate of drug-likeness (QED) is 0.0652. The summed E-state index contributed by atoms with van der Waals surface area (Å²) in [5.74, 6) is 3.96. The van der Waals surface area contributed by atoms with Crippen molar-refractivity contribution >= 4 is 46.5 Å². The molecule has 1 unspecified atom stereocenters. The standard InChI is InChI=1S/C45H48FN9O6S/c1-27-40(62-26-51-27)31-12-9-30(10-13-31)21-50-42(59)37-18-35(57)24-55(37)43(60)41(45(2,3)4)54-39(58)23-47-20-29-7-5-28(6-8-29)11-14-33-17-34(15-16-48-33)52-44(61)53-36-19-38(46)49-22-32(36)25-56/h5-10,12-13,15-17,19,22,26,35,37,41,47,56-57H,18,20-21,23-25H2,1-4H3,(H,50,59)(H,54,58)(H2,48,49,52,53,61)/t35-,37+,41?/m1/s1. The van der Waals surface area contributed by atoms with Crippen LogP contribution in [-0.2, 0) is 34.1 Å². The van der Waals surface area contributed by atoms with E-state index in [1.807, 2.05) is 76.2 Å². The third-order valence-corrected chi connectivity index (χ3v) is 11.0. The topological polar surface area (TPSA) is 211 Å². The fourth-order valence-electron chi connectivity index (χ4n) is 6.72. The van der Waals surface area contributed by atoms with Crippen molar-refractivity contribution in [3.8, 4) is 22.3 Å². The molecule has 4 heterocycles. The molecule has 3 atom stereocenters. The molecule has 0 aliphatic carbocycles. The number of thiazole rings is 1. The number of halogens is 1. The van der Waals surface area contributed by atoms with Gasteiger partial charge in [-0.05, 0) is 59.2 Å². The number of nitrogens with zero attached hydrogens (tertiary/aromatic N) is 4. The average molecular weight is 862 g/mol. The number of anilines is 2. The van der Waals surface area contributed by atoms with E-state index in [1.54, 1.807) is 29.0 Å². The summed E-state index contributed by atoms with van der Waals surface area (Å²) in [6.07, 6.45) is 1.83. The molecular weight excluding hydrogens is 814 g/mol. The Morgan fingerprint density at radius 3 is 2.37 bits per heavy atom. The smallest absolute Gasteiger partial charge is 0.323 e. The number of likely N-dealkylation sites (tertiary alicyclic amines) is 1. The van der Waals surface area contributed by atoms with Crippen LogP contribution in [0.4, 0.5) is 20.6 Å². The fraction of sp³-hybridized carbons (Fsp3) is 0.311. The lowest BCUT2D eigenvalue weighted by molar-refractivity contribution is -0.144. The molecular formula is C45H48FN9O6S. The van der Waals surface area contributed by atoms with Gasteiger partial charge >= 0.3 is 6.03 Å². The van der Waals surface area contributed by atoms with E-state index in [-0.39, 0.29) is 43.2 Å². The van der Waals surface area contributed by atoms with E-state index in [4.69, 9.17) is 0 Å². The van der Waals surface area contributed by atoms with Crippen molar-refractivity contribution in [2.24, 2.45) is 5.41 Å². The first-order valence-corrected chi connectivity index (χ1v) is 20.7. The van der Waals surface area contributed by atoms with Gasteiger partial charge in [0.25, 0.3) is 0 Å². The number of hydrogen-bond acceptors (Lipinski definition) is 11. The van der Waals surface area contributed by atoms with E-state index in [9.17, 15) is 33.8 Å². The highest BCUT2D eigenvalue weighted by Gasteiger charge is 2.44. The van der Waals surface area contributed by atoms with Gasteiger partial charge in [0.2, 0.25) is 23.7 Å². The Labute approximate surface area is 362 Å². The number of aliphatic hydroxyl groups is 2. The van der Waals surface area contributed by atoms with Gasteiger partial charge in [-0.1, -0.05) is 63.1 Å². The van der Waals surface area contributed by atoms with Gasteiger partial charge in [-0.3, -0.25) is 14.4 Å². The van der Waals surface area contributed by atoms with Crippen molar-refractivity contribution in [3.63, 3.8) is 0 Å². The molecule has 0 bridgehead atoms. The Kier molecular flexibility index (Phi) is 14.7. The highest BCUT2D eigenvalue weighted by Crippen LogP contribution is 2.28. The van der Waals surface area contributed by atoms with Crippen molar-refractivity contribution in [1.82, 2.24) is 35.8 Å². The molecule has 0 spiro atoms. The number of urea groups is 1. The summed E-state index contributed by atoms with van der Waals surface area (Å²) in [6.45, 7) is 7.53. The van der Waals surface area contributed by atoms with Crippen LogP contribution >= 0.6 is 11.3 Å². The van der Waals surface area contributed by atoms with Crippen LogP contribution in [0, 0.1) is 30.1 Å². The maximum absolute atomic E-state index is 14.0. The largest absolute Gasteiger partial charge is 0.392 e. The van der Waals surface area contributed by atoms with Crippen LogP contribution in [-0.4, -0.2) is 85.1 Å². The molecule has 2 aromatic carbocycles. The number of carbonyl (C=O) groups excluding carboxylic acids is 4. The molecule has 5 amide bonds. The molecule has 0 radical (unpaired) electrons. The minimum absolute atomic E-state index is 0.0230. The molecule has 5 aromatic rings.